The zero-order valence-corrected chi connectivity index (χ0v) is 10.5. The standard InChI is InChI=1S/C12H14F3N3O2/c13-7-3-8(16)9(4-10(7)20-12(14)15)17-5-11(19)18-6-1-2-6/h3-4,6,12,17H,1-2,5,16H2,(H,18,19). The van der Waals surface area contributed by atoms with E-state index in [9.17, 15) is 18.0 Å². The monoisotopic (exact) mass is 289 g/mol. The fraction of sp³-hybridized carbons (Fsp3) is 0.417. The van der Waals surface area contributed by atoms with Crippen molar-refractivity contribution in [1.82, 2.24) is 5.32 Å². The molecule has 1 amide bonds. The van der Waals surface area contributed by atoms with E-state index in [0.29, 0.717) is 0 Å². The highest BCUT2D eigenvalue weighted by Crippen LogP contribution is 2.29. The van der Waals surface area contributed by atoms with E-state index >= 15 is 0 Å². The van der Waals surface area contributed by atoms with E-state index < -0.39 is 18.2 Å². The normalized spacial score (nSPS) is 14.2. The van der Waals surface area contributed by atoms with Gasteiger partial charge in [-0.15, -0.1) is 0 Å². The lowest BCUT2D eigenvalue weighted by molar-refractivity contribution is -0.119. The predicted octanol–water partition coefficient (Wildman–Crippen LogP) is 1.70. The number of carbonyl (C=O) groups excluding carboxylic acids is 1. The third kappa shape index (κ3) is 3.94. The van der Waals surface area contributed by atoms with E-state index in [4.69, 9.17) is 5.73 Å². The Bertz CT molecular complexity index is 507. The molecule has 0 aromatic heterocycles. The van der Waals surface area contributed by atoms with Crippen LogP contribution in [-0.4, -0.2) is 25.1 Å². The third-order valence-electron chi connectivity index (χ3n) is 2.70. The zero-order valence-electron chi connectivity index (χ0n) is 10.5. The summed E-state index contributed by atoms with van der Waals surface area (Å²) in [5.74, 6) is -1.86. The molecule has 1 aromatic rings. The molecule has 1 aliphatic carbocycles. The minimum atomic E-state index is -3.14. The summed E-state index contributed by atoms with van der Waals surface area (Å²) >= 11 is 0. The SMILES string of the molecule is Nc1cc(F)c(OC(F)F)cc1NCC(=O)NC1CC1. The van der Waals surface area contributed by atoms with Crippen LogP contribution in [0.25, 0.3) is 0 Å². The number of nitrogens with two attached hydrogens (primary N) is 1. The molecule has 0 heterocycles. The van der Waals surface area contributed by atoms with Gasteiger partial charge >= 0.3 is 6.61 Å². The van der Waals surface area contributed by atoms with E-state index in [2.05, 4.69) is 15.4 Å². The van der Waals surface area contributed by atoms with Crippen LogP contribution < -0.4 is 21.1 Å². The number of hydrogen-bond acceptors (Lipinski definition) is 4. The zero-order chi connectivity index (χ0) is 14.7. The molecule has 5 nitrogen and oxygen atoms in total. The van der Waals surface area contributed by atoms with Crippen molar-refractivity contribution in [2.75, 3.05) is 17.6 Å². The van der Waals surface area contributed by atoms with Crippen LogP contribution in [0.1, 0.15) is 12.8 Å². The minimum absolute atomic E-state index is 0.00309. The Hall–Kier alpha value is -2.12. The van der Waals surface area contributed by atoms with E-state index in [-0.39, 0.29) is 29.9 Å². The van der Waals surface area contributed by atoms with Gasteiger partial charge in [0.1, 0.15) is 0 Å². The number of alkyl halides is 2. The van der Waals surface area contributed by atoms with Gasteiger partial charge in [-0.1, -0.05) is 0 Å². The molecule has 1 fully saturated rings. The summed E-state index contributed by atoms with van der Waals surface area (Å²) in [6, 6.07) is 2.08. The van der Waals surface area contributed by atoms with Gasteiger partial charge in [0, 0.05) is 18.2 Å². The van der Waals surface area contributed by atoms with Crippen molar-refractivity contribution < 1.29 is 22.7 Å². The fourth-order valence-electron chi connectivity index (χ4n) is 1.59. The number of nitrogen functional groups attached to an aromatic ring is 1. The Labute approximate surface area is 113 Å². The minimum Gasteiger partial charge on any atom is -0.432 e. The number of hydrogen-bond donors (Lipinski definition) is 3. The van der Waals surface area contributed by atoms with E-state index in [1.165, 1.54) is 0 Å². The molecule has 110 valence electrons. The van der Waals surface area contributed by atoms with Gasteiger partial charge in [-0.2, -0.15) is 8.78 Å². The largest absolute Gasteiger partial charge is 0.432 e. The number of halogens is 3. The van der Waals surface area contributed by atoms with Crippen LogP contribution in [0.3, 0.4) is 0 Å². The Morgan fingerprint density at radius 2 is 2.15 bits per heavy atom. The van der Waals surface area contributed by atoms with Crippen molar-refractivity contribution in [3.05, 3.63) is 17.9 Å². The van der Waals surface area contributed by atoms with Gasteiger partial charge in [-0.05, 0) is 12.8 Å². The summed E-state index contributed by atoms with van der Waals surface area (Å²) in [7, 11) is 0. The Morgan fingerprint density at radius 3 is 2.75 bits per heavy atom. The molecule has 0 aliphatic heterocycles. The highest BCUT2D eigenvalue weighted by Gasteiger charge is 2.23. The first kappa shape index (κ1) is 14.3. The van der Waals surface area contributed by atoms with Crippen LogP contribution in [0.2, 0.25) is 0 Å². The van der Waals surface area contributed by atoms with Crippen LogP contribution in [0, 0.1) is 5.82 Å². The second-order valence-electron chi connectivity index (χ2n) is 4.44. The van der Waals surface area contributed by atoms with Gasteiger partial charge in [0.15, 0.2) is 11.6 Å². The van der Waals surface area contributed by atoms with Gasteiger partial charge < -0.3 is 21.1 Å². The number of rotatable bonds is 6. The molecule has 1 saturated carbocycles. The number of nitrogens with one attached hydrogen (secondary N) is 2. The number of benzene rings is 1. The molecule has 2 rings (SSSR count). The van der Waals surface area contributed by atoms with Crippen molar-refractivity contribution in [3.63, 3.8) is 0 Å². The Balaban J connectivity index is 2.00. The molecule has 0 saturated heterocycles. The summed E-state index contributed by atoms with van der Waals surface area (Å²) in [6.45, 7) is -3.22. The van der Waals surface area contributed by atoms with Crippen molar-refractivity contribution in [2.45, 2.75) is 25.5 Å². The maximum atomic E-state index is 13.3. The molecule has 0 spiro atoms. The van der Waals surface area contributed by atoms with E-state index in [0.717, 1.165) is 25.0 Å². The molecule has 0 bridgehead atoms. The van der Waals surface area contributed by atoms with Gasteiger partial charge in [0.25, 0.3) is 0 Å². The quantitative estimate of drug-likeness (QED) is 0.697. The van der Waals surface area contributed by atoms with Crippen LogP contribution >= 0.6 is 0 Å². The molecule has 8 heteroatoms. The maximum Gasteiger partial charge on any atom is 0.387 e. The summed E-state index contributed by atoms with van der Waals surface area (Å²) in [5, 5.41) is 5.39. The molecular formula is C12H14F3N3O2. The molecule has 0 atom stereocenters. The fourth-order valence-corrected chi connectivity index (χ4v) is 1.59. The molecule has 20 heavy (non-hydrogen) atoms. The number of carbonyl (C=O) groups is 1. The first-order chi connectivity index (χ1) is 9.45. The summed E-state index contributed by atoms with van der Waals surface area (Å²) in [6.07, 6.45) is 1.91. The number of anilines is 2. The molecule has 0 radical (unpaired) electrons. The lowest BCUT2D eigenvalue weighted by Crippen LogP contribution is -2.31. The Kier molecular flexibility index (Phi) is 4.21. The lowest BCUT2D eigenvalue weighted by atomic mass is 10.2. The van der Waals surface area contributed by atoms with E-state index in [1.54, 1.807) is 0 Å². The van der Waals surface area contributed by atoms with Crippen LogP contribution in [0.5, 0.6) is 5.75 Å². The van der Waals surface area contributed by atoms with Crippen molar-refractivity contribution >= 4 is 17.3 Å². The molecule has 0 unspecified atom stereocenters. The second-order valence-corrected chi connectivity index (χ2v) is 4.44. The topological polar surface area (TPSA) is 76.4 Å². The first-order valence-electron chi connectivity index (χ1n) is 6.03. The smallest absolute Gasteiger partial charge is 0.387 e. The molecular weight excluding hydrogens is 275 g/mol. The van der Waals surface area contributed by atoms with Crippen molar-refractivity contribution in [1.29, 1.82) is 0 Å². The highest BCUT2D eigenvalue weighted by atomic mass is 19.3. The van der Waals surface area contributed by atoms with Gasteiger partial charge in [-0.25, -0.2) is 4.39 Å². The average molecular weight is 289 g/mol. The second kappa shape index (κ2) is 5.89. The molecule has 4 N–H and O–H groups in total. The molecule has 1 aliphatic rings. The summed E-state index contributed by atoms with van der Waals surface area (Å²) in [4.78, 5) is 11.5. The van der Waals surface area contributed by atoms with Gasteiger partial charge in [0.2, 0.25) is 5.91 Å². The third-order valence-corrected chi connectivity index (χ3v) is 2.70. The van der Waals surface area contributed by atoms with Crippen molar-refractivity contribution in [3.8, 4) is 5.75 Å². The molecule has 1 aromatic carbocycles. The van der Waals surface area contributed by atoms with Crippen LogP contribution in [-0.2, 0) is 4.79 Å². The van der Waals surface area contributed by atoms with Crippen LogP contribution in [0.4, 0.5) is 24.5 Å². The van der Waals surface area contributed by atoms with Crippen molar-refractivity contribution in [2.24, 2.45) is 0 Å². The van der Waals surface area contributed by atoms with E-state index in [1.807, 2.05) is 0 Å². The average Bonchev–Trinajstić information content (AvgIpc) is 3.14. The van der Waals surface area contributed by atoms with Gasteiger partial charge in [-0.3, -0.25) is 4.79 Å². The highest BCUT2D eigenvalue weighted by molar-refractivity contribution is 5.83. The Morgan fingerprint density at radius 1 is 1.45 bits per heavy atom. The predicted molar refractivity (Wildman–Crippen MR) is 67.1 cm³/mol. The number of amides is 1. The van der Waals surface area contributed by atoms with Crippen LogP contribution in [0.15, 0.2) is 12.1 Å². The number of ether oxygens (including phenoxy) is 1. The van der Waals surface area contributed by atoms with Gasteiger partial charge in [0.05, 0.1) is 17.9 Å². The lowest BCUT2D eigenvalue weighted by Gasteiger charge is -2.12. The summed E-state index contributed by atoms with van der Waals surface area (Å²) < 4.78 is 41.5. The first-order valence-corrected chi connectivity index (χ1v) is 6.03. The summed E-state index contributed by atoms with van der Waals surface area (Å²) in [5.41, 5.74) is 5.71. The maximum absolute atomic E-state index is 13.3.